The summed E-state index contributed by atoms with van der Waals surface area (Å²) in [6.45, 7) is 2.84. The standard InChI is InChI=1S/C34H47F2N7O10S2/c1-33(2,49)26-18-38-41-43(26)22-17-25(30(47)40-34(27(44)28(37)45)12-14-54(50,51)15-13-34)42(19-22)31(48)24(16-20-6-4-3-5-7-20)39-29(46)21-8-10-23(11-9-21)55(52,53)32(35)36/h8-11,18,20,22,24-25,32,49-51H,3-7,12-17,19H2,1-2H3,(H2,37,45)(H,39,46)(H,40,47)/t22-,24+,25-/m0/s1. The van der Waals surface area contributed by atoms with Crippen molar-refractivity contribution in [3.05, 3.63) is 41.7 Å². The zero-order chi connectivity index (χ0) is 40.5. The quantitative estimate of drug-likeness (QED) is 0.158. The van der Waals surface area contributed by atoms with Crippen LogP contribution in [0.4, 0.5) is 8.78 Å². The molecule has 5 rings (SSSR count). The number of rotatable bonds is 13. The fourth-order valence-corrected chi connectivity index (χ4v) is 9.90. The van der Waals surface area contributed by atoms with Gasteiger partial charge in [0.2, 0.25) is 27.4 Å². The fraction of sp³-hybridized carbons (Fsp3) is 0.618. The zero-order valence-corrected chi connectivity index (χ0v) is 32.0. The van der Waals surface area contributed by atoms with E-state index in [0.717, 1.165) is 56.4 Å². The zero-order valence-electron chi connectivity index (χ0n) is 30.4. The number of primary amides is 1. The first kappa shape index (κ1) is 42.1. The molecule has 2 aromatic rings. The van der Waals surface area contributed by atoms with Crippen molar-refractivity contribution in [3.8, 4) is 0 Å². The van der Waals surface area contributed by atoms with Crippen LogP contribution >= 0.6 is 10.6 Å². The van der Waals surface area contributed by atoms with E-state index in [0.29, 0.717) is 0 Å². The van der Waals surface area contributed by atoms with Crippen LogP contribution in [-0.4, -0.2) is 113 Å². The number of carbonyl (C=O) groups excluding carboxylic acids is 5. The van der Waals surface area contributed by atoms with E-state index in [1.54, 1.807) is 0 Å². The molecule has 0 unspecified atom stereocenters. The summed E-state index contributed by atoms with van der Waals surface area (Å²) in [5.74, 6) is -9.08. The molecule has 55 heavy (non-hydrogen) atoms. The molecule has 1 aromatic heterocycles. The van der Waals surface area contributed by atoms with Crippen molar-refractivity contribution in [1.29, 1.82) is 0 Å². The predicted octanol–water partition coefficient (Wildman–Crippen LogP) is 1.87. The van der Waals surface area contributed by atoms with Crippen LogP contribution in [0.3, 0.4) is 0 Å². The van der Waals surface area contributed by atoms with E-state index < -0.39 is 89.8 Å². The molecule has 0 spiro atoms. The third-order valence-electron chi connectivity index (χ3n) is 10.7. The molecule has 17 nitrogen and oxygen atoms in total. The van der Waals surface area contributed by atoms with E-state index in [9.17, 15) is 55.4 Å². The van der Waals surface area contributed by atoms with Crippen LogP contribution in [0.15, 0.2) is 35.4 Å². The van der Waals surface area contributed by atoms with Crippen molar-refractivity contribution in [2.24, 2.45) is 11.7 Å². The van der Waals surface area contributed by atoms with E-state index in [1.165, 1.54) is 29.6 Å². The number of ketones is 1. The molecule has 1 aromatic carbocycles. The Labute approximate surface area is 318 Å². The van der Waals surface area contributed by atoms with Gasteiger partial charge in [-0.15, -0.1) is 5.10 Å². The molecule has 0 radical (unpaired) electrons. The van der Waals surface area contributed by atoms with Crippen molar-refractivity contribution >= 4 is 49.8 Å². The number of sulfone groups is 1. The maximum absolute atomic E-state index is 14.7. The van der Waals surface area contributed by atoms with Crippen LogP contribution in [0.2, 0.25) is 0 Å². The summed E-state index contributed by atoms with van der Waals surface area (Å²) < 4.78 is 72.0. The predicted molar refractivity (Wildman–Crippen MR) is 193 cm³/mol. The number of nitrogens with two attached hydrogens (primary N) is 1. The molecule has 7 N–H and O–H groups in total. The Balaban J connectivity index is 1.49. The topological polar surface area (TPSA) is 264 Å². The number of alkyl halides is 2. The average molecular weight is 816 g/mol. The van der Waals surface area contributed by atoms with E-state index in [-0.39, 0.29) is 60.9 Å². The molecular weight excluding hydrogens is 769 g/mol. The smallest absolute Gasteiger partial charge is 0.341 e. The van der Waals surface area contributed by atoms with Gasteiger partial charge < -0.3 is 26.4 Å². The molecule has 3 aliphatic rings. The molecule has 3 heterocycles. The highest BCUT2D eigenvalue weighted by Gasteiger charge is 2.51. The Hall–Kier alpha value is -4.05. The first-order valence-electron chi connectivity index (χ1n) is 17.9. The molecule has 3 atom stereocenters. The Bertz CT molecular complexity index is 1890. The average Bonchev–Trinajstić information content (AvgIpc) is 3.81. The lowest BCUT2D eigenvalue weighted by atomic mass is 9.84. The summed E-state index contributed by atoms with van der Waals surface area (Å²) in [5, 5.41) is 24.2. The van der Waals surface area contributed by atoms with Crippen LogP contribution in [0.5, 0.6) is 0 Å². The minimum atomic E-state index is -4.93. The molecular formula is C34H47F2N7O10S2. The highest BCUT2D eigenvalue weighted by Crippen LogP contribution is 2.47. The van der Waals surface area contributed by atoms with Gasteiger partial charge in [0.05, 0.1) is 22.8 Å². The van der Waals surface area contributed by atoms with Crippen molar-refractivity contribution < 1.29 is 55.4 Å². The molecule has 304 valence electrons. The van der Waals surface area contributed by atoms with E-state index in [2.05, 4.69) is 20.9 Å². The number of aliphatic hydroxyl groups is 1. The van der Waals surface area contributed by atoms with Gasteiger partial charge >= 0.3 is 5.76 Å². The number of hydrogen-bond donors (Lipinski definition) is 6. The number of aromatic nitrogens is 3. The summed E-state index contributed by atoms with van der Waals surface area (Å²) in [5.41, 5.74) is 2.20. The largest absolute Gasteiger partial charge is 0.384 e. The monoisotopic (exact) mass is 815 g/mol. The van der Waals surface area contributed by atoms with Gasteiger partial charge in [0.15, 0.2) is 0 Å². The van der Waals surface area contributed by atoms with Gasteiger partial charge in [-0.3, -0.25) is 33.1 Å². The lowest BCUT2D eigenvalue weighted by molar-refractivity contribution is -0.145. The fourth-order valence-electron chi connectivity index (χ4n) is 7.62. The van der Waals surface area contributed by atoms with Gasteiger partial charge in [-0.1, -0.05) is 37.3 Å². The van der Waals surface area contributed by atoms with E-state index >= 15 is 0 Å². The number of nitrogens with one attached hydrogen (secondary N) is 2. The summed E-state index contributed by atoms with van der Waals surface area (Å²) in [7, 11) is -8.02. The lowest BCUT2D eigenvalue weighted by Crippen LogP contribution is -2.64. The van der Waals surface area contributed by atoms with Gasteiger partial charge in [0, 0.05) is 30.0 Å². The number of Topliss-reactive ketones (excluding diaryl/α,β-unsaturated/α-hetero) is 1. The first-order valence-corrected chi connectivity index (χ1v) is 21.3. The van der Waals surface area contributed by atoms with Gasteiger partial charge in [-0.25, -0.2) is 13.1 Å². The van der Waals surface area contributed by atoms with Crippen LogP contribution in [0.1, 0.15) is 93.7 Å². The first-order chi connectivity index (χ1) is 25.6. The Morgan fingerprint density at radius 1 is 1.05 bits per heavy atom. The second-order valence-electron chi connectivity index (χ2n) is 15.1. The number of halogens is 2. The number of benzene rings is 1. The molecule has 2 saturated heterocycles. The minimum absolute atomic E-state index is 0.00256. The van der Waals surface area contributed by atoms with Crippen LogP contribution in [0.25, 0.3) is 0 Å². The van der Waals surface area contributed by atoms with Crippen LogP contribution in [-0.2, 0) is 34.6 Å². The van der Waals surface area contributed by atoms with Crippen LogP contribution in [0, 0.1) is 5.92 Å². The Kier molecular flexibility index (Phi) is 12.4. The minimum Gasteiger partial charge on any atom is -0.384 e. The van der Waals surface area contributed by atoms with Crippen molar-refractivity contribution in [2.45, 2.75) is 112 Å². The SMILES string of the molecule is CC(C)(O)c1cnnn1[C@H]1C[C@@H](C(=O)NC2(C(=O)C(N)=O)CCS(O)(O)CC2)N(C(=O)[C@@H](CC2CCCCC2)NC(=O)c2ccc(S(=O)(=O)C(F)F)cc2)C1. The second-order valence-corrected chi connectivity index (χ2v) is 19.4. The Morgan fingerprint density at radius 2 is 1.67 bits per heavy atom. The molecule has 21 heteroatoms. The third-order valence-corrected chi connectivity index (χ3v) is 13.8. The van der Waals surface area contributed by atoms with Gasteiger partial charge in [0.1, 0.15) is 23.2 Å². The molecule has 2 aliphatic heterocycles. The number of carbonyl (C=O) groups is 5. The van der Waals surface area contributed by atoms with E-state index in [1.807, 2.05) is 0 Å². The maximum atomic E-state index is 14.7. The molecule has 1 aliphatic carbocycles. The van der Waals surface area contributed by atoms with Gasteiger partial charge in [-0.05, 0) is 63.3 Å². The van der Waals surface area contributed by atoms with Crippen molar-refractivity contribution in [3.63, 3.8) is 0 Å². The molecule has 1 saturated carbocycles. The number of likely N-dealkylation sites (tertiary alicyclic amines) is 1. The highest BCUT2D eigenvalue weighted by molar-refractivity contribution is 8.24. The number of nitrogens with zero attached hydrogens (tertiary/aromatic N) is 4. The van der Waals surface area contributed by atoms with Gasteiger partial charge in [0.25, 0.3) is 11.8 Å². The second kappa shape index (κ2) is 16.2. The summed E-state index contributed by atoms with van der Waals surface area (Å²) in [6.07, 6.45) is 5.08. The van der Waals surface area contributed by atoms with Crippen molar-refractivity contribution in [2.75, 3.05) is 18.1 Å². The normalized spacial score (nSPS) is 22.8. The van der Waals surface area contributed by atoms with Crippen molar-refractivity contribution in [1.82, 2.24) is 30.5 Å². The molecule has 4 amide bonds. The summed E-state index contributed by atoms with van der Waals surface area (Å²) >= 11 is 0. The van der Waals surface area contributed by atoms with Crippen LogP contribution < -0.4 is 16.4 Å². The molecule has 0 bridgehead atoms. The highest BCUT2D eigenvalue weighted by atomic mass is 32.3. The lowest BCUT2D eigenvalue weighted by Gasteiger charge is -2.45. The molecule has 3 fully saturated rings. The van der Waals surface area contributed by atoms with Gasteiger partial charge in [-0.2, -0.15) is 19.4 Å². The number of hydrogen-bond acceptors (Lipinski definition) is 12. The third kappa shape index (κ3) is 9.33. The van der Waals surface area contributed by atoms with E-state index in [4.69, 9.17) is 5.73 Å². The summed E-state index contributed by atoms with van der Waals surface area (Å²) in [6, 6.07) is 0.513. The number of amides is 4. The Morgan fingerprint density at radius 3 is 2.24 bits per heavy atom. The summed E-state index contributed by atoms with van der Waals surface area (Å²) in [4.78, 5) is 68.6. The maximum Gasteiger partial charge on any atom is 0.341 e.